The molecule has 69 heavy (non-hydrogen) atoms. The van der Waals surface area contributed by atoms with E-state index in [1.807, 2.05) is 133 Å². The molecule has 9 heteroatoms. The minimum absolute atomic E-state index is 0.141. The van der Waals surface area contributed by atoms with E-state index in [9.17, 15) is 0 Å². The molecule has 9 aromatic carbocycles. The Morgan fingerprint density at radius 1 is 0.507 bits per heavy atom. The number of fused-ring (bicyclic) bond motifs is 7. The zero-order valence-electron chi connectivity index (χ0n) is 46.5. The number of para-hydroxylation sites is 8. The maximum atomic E-state index is 9.07. The monoisotopic (exact) mass is 898 g/mol. The van der Waals surface area contributed by atoms with Crippen LogP contribution in [0.25, 0.3) is 44.7 Å². The van der Waals surface area contributed by atoms with Crippen LogP contribution in [0.2, 0.25) is 0 Å². The molecule has 2 aromatic heterocycles. The molecule has 0 bridgehead atoms. The first kappa shape index (κ1) is 30.8. The summed E-state index contributed by atoms with van der Waals surface area (Å²) in [7, 11) is -0.534. The van der Waals surface area contributed by atoms with Crippen LogP contribution < -0.4 is 28.5 Å². The standard InChI is InChI=1S/C60H41BN6O2/c1-4-20-43(21-5-1)50-30-18-31-51(44-22-6-2-7-23-44)59(50)64-42-63(52-32-10-11-33-53(52)64)46-26-16-28-48(40-46)68-49-29-17-27-47(41-49)66-60-56(36-19-39-62-60)67-55-35-13-15-38-58(55)69-57-37-14-12-34-54(57)65(61(66)67)45-24-8-3-9-25-45/h1-41H/i1D,2D,4D,5D,6D,7D,20D,21D,22D,23D. The van der Waals surface area contributed by atoms with Crippen molar-refractivity contribution in [2.45, 2.75) is 0 Å². The SMILES string of the molecule is [2H]c1c([2H])c([2H])c(-c2cccc(-c3c([2H])c([2H])c([2H])c([2H])c3[2H])c2-[n+]2[c-]n(-c3cccc(Oc4cccc(N5B6N(c7ccccc7)c7ccccc7Oc7ccccc7N6c6cccnc65)c4)c3)c3ccccc32)c([2H])c1[2H]. The fourth-order valence-corrected chi connectivity index (χ4v) is 9.33. The van der Waals surface area contributed by atoms with Gasteiger partial charge in [-0.2, -0.15) is 0 Å². The quantitative estimate of drug-likeness (QED) is 0.0860. The average Bonchev–Trinajstić information content (AvgIpc) is 4.23. The first-order valence-electron chi connectivity index (χ1n) is 27.2. The van der Waals surface area contributed by atoms with Gasteiger partial charge in [-0.05, 0) is 101 Å². The molecule has 4 heterocycles. The highest BCUT2D eigenvalue weighted by atomic mass is 16.5. The highest BCUT2D eigenvalue weighted by Crippen LogP contribution is 2.53. The summed E-state index contributed by atoms with van der Waals surface area (Å²) < 4.78 is 104. The molecule has 0 saturated carbocycles. The summed E-state index contributed by atoms with van der Waals surface area (Å²) in [5.74, 6) is 3.09. The highest BCUT2D eigenvalue weighted by Gasteiger charge is 2.51. The molecular weight excluding hydrogens is 848 g/mol. The molecule has 0 aliphatic carbocycles. The van der Waals surface area contributed by atoms with Crippen molar-refractivity contribution >= 4 is 52.4 Å². The van der Waals surface area contributed by atoms with Gasteiger partial charge in [-0.3, -0.25) is 9.13 Å². The Morgan fingerprint density at radius 3 is 1.78 bits per heavy atom. The zero-order chi connectivity index (χ0) is 54.4. The van der Waals surface area contributed by atoms with Crippen LogP contribution in [-0.2, 0) is 0 Å². The van der Waals surface area contributed by atoms with Crippen LogP contribution >= 0.6 is 0 Å². The smallest absolute Gasteiger partial charge is 0.458 e. The lowest BCUT2D eigenvalue weighted by Gasteiger charge is -2.40. The van der Waals surface area contributed by atoms with Gasteiger partial charge in [0.1, 0.15) is 28.8 Å². The summed E-state index contributed by atoms with van der Waals surface area (Å²) in [6, 6.07) is 52.3. The van der Waals surface area contributed by atoms with Gasteiger partial charge in [0.2, 0.25) is 0 Å². The number of anilines is 6. The van der Waals surface area contributed by atoms with Crippen LogP contribution in [0.4, 0.5) is 34.3 Å². The van der Waals surface area contributed by atoms with E-state index in [1.54, 1.807) is 33.5 Å². The third kappa shape index (κ3) is 6.95. The summed E-state index contributed by atoms with van der Waals surface area (Å²) in [5.41, 5.74) is 6.24. The first-order valence-corrected chi connectivity index (χ1v) is 22.2. The molecular formula is C60H41BN6O2. The fraction of sp³-hybridized carbons (Fsp3) is 0. The molecule has 0 fully saturated rings. The molecule has 0 N–H and O–H groups in total. The number of pyridine rings is 1. The lowest BCUT2D eigenvalue weighted by molar-refractivity contribution is -0.571. The normalized spacial score (nSPS) is 14.7. The number of ether oxygens (including phenoxy) is 2. The topological polar surface area (TPSA) is 49.9 Å². The molecule has 0 spiro atoms. The molecule has 0 radical (unpaired) electrons. The minimum Gasteiger partial charge on any atom is -0.458 e. The van der Waals surface area contributed by atoms with E-state index in [2.05, 4.69) is 51.1 Å². The van der Waals surface area contributed by atoms with Crippen molar-refractivity contribution in [1.82, 2.24) is 9.55 Å². The highest BCUT2D eigenvalue weighted by molar-refractivity contribution is 6.77. The Morgan fingerprint density at radius 2 is 1.07 bits per heavy atom. The van der Waals surface area contributed by atoms with E-state index in [1.165, 1.54) is 0 Å². The van der Waals surface area contributed by atoms with Gasteiger partial charge in [0.05, 0.1) is 53.2 Å². The molecule has 11 aromatic rings. The van der Waals surface area contributed by atoms with Gasteiger partial charge in [-0.1, -0.05) is 157 Å². The molecule has 0 saturated heterocycles. The fourth-order valence-electron chi connectivity index (χ4n) is 9.33. The van der Waals surface area contributed by atoms with Crippen molar-refractivity contribution in [3.63, 3.8) is 0 Å². The van der Waals surface area contributed by atoms with E-state index in [-0.39, 0.29) is 27.9 Å². The Labute approximate surface area is 414 Å². The maximum absolute atomic E-state index is 9.07. The molecule has 2 aliphatic heterocycles. The number of benzene rings is 9. The molecule has 0 unspecified atom stereocenters. The van der Waals surface area contributed by atoms with Crippen LogP contribution in [0.1, 0.15) is 13.7 Å². The van der Waals surface area contributed by atoms with Gasteiger partial charge in [-0.25, -0.2) is 4.98 Å². The average molecular weight is 899 g/mol. The van der Waals surface area contributed by atoms with E-state index < -0.39 is 67.5 Å². The maximum Gasteiger partial charge on any atom is 0.520 e. The molecule has 0 amide bonds. The summed E-state index contributed by atoms with van der Waals surface area (Å²) in [4.78, 5) is 11.7. The number of rotatable bonds is 8. The van der Waals surface area contributed by atoms with Gasteiger partial charge >= 0.3 is 7.12 Å². The summed E-state index contributed by atoms with van der Waals surface area (Å²) in [6.45, 7) is 0. The molecule has 13 rings (SSSR count). The first-order chi connectivity index (χ1) is 38.4. The Hall–Kier alpha value is -9.34. The van der Waals surface area contributed by atoms with Gasteiger partial charge in [0.15, 0.2) is 0 Å². The van der Waals surface area contributed by atoms with Gasteiger partial charge in [0, 0.05) is 23.6 Å². The van der Waals surface area contributed by atoms with E-state index in [0.717, 1.165) is 28.4 Å². The van der Waals surface area contributed by atoms with Gasteiger partial charge in [-0.15, -0.1) is 0 Å². The van der Waals surface area contributed by atoms with Crippen molar-refractivity contribution in [1.29, 1.82) is 0 Å². The molecule has 326 valence electrons. The Kier molecular flexibility index (Phi) is 7.51. The minimum atomic E-state index is -0.575. The largest absolute Gasteiger partial charge is 0.520 e. The van der Waals surface area contributed by atoms with Crippen LogP contribution in [0.15, 0.2) is 249 Å². The van der Waals surface area contributed by atoms with Crippen molar-refractivity contribution in [2.24, 2.45) is 0 Å². The summed E-state index contributed by atoms with van der Waals surface area (Å²) >= 11 is 0. The number of aromatic nitrogens is 3. The molecule has 0 atom stereocenters. The second kappa shape index (κ2) is 16.8. The van der Waals surface area contributed by atoms with Crippen molar-refractivity contribution in [2.75, 3.05) is 14.4 Å². The van der Waals surface area contributed by atoms with E-state index in [4.69, 9.17) is 28.2 Å². The lowest BCUT2D eigenvalue weighted by Crippen LogP contribution is -2.56. The van der Waals surface area contributed by atoms with Crippen molar-refractivity contribution < 1.29 is 27.7 Å². The number of hydrogen-bond donors (Lipinski definition) is 0. The van der Waals surface area contributed by atoms with Gasteiger partial charge in [0.25, 0.3) is 6.33 Å². The third-order valence-electron chi connectivity index (χ3n) is 12.2. The van der Waals surface area contributed by atoms with Crippen molar-refractivity contribution in [3.05, 3.63) is 255 Å². The van der Waals surface area contributed by atoms with Crippen LogP contribution in [0, 0.1) is 6.33 Å². The predicted octanol–water partition coefficient (Wildman–Crippen LogP) is 14.4. The lowest BCUT2D eigenvalue weighted by atomic mass is 9.81. The number of hydrogen-bond acceptors (Lipinski definition) is 6. The Bertz CT molecular complexity index is 4150. The van der Waals surface area contributed by atoms with E-state index >= 15 is 0 Å². The molecule has 2 aliphatic rings. The second-order valence-electron chi connectivity index (χ2n) is 16.2. The summed E-state index contributed by atoms with van der Waals surface area (Å²) in [6.07, 6.45) is 5.25. The summed E-state index contributed by atoms with van der Waals surface area (Å²) in [5, 5.41) is 0. The third-order valence-corrected chi connectivity index (χ3v) is 12.2. The Balaban J connectivity index is 0.942. The van der Waals surface area contributed by atoms with Crippen LogP contribution in [0.3, 0.4) is 0 Å². The van der Waals surface area contributed by atoms with Crippen molar-refractivity contribution in [3.8, 4) is 56.6 Å². The van der Waals surface area contributed by atoms with Crippen LogP contribution in [-0.4, -0.2) is 16.7 Å². The zero-order valence-corrected chi connectivity index (χ0v) is 36.5. The number of imidazole rings is 1. The number of nitrogens with zero attached hydrogens (tertiary/aromatic N) is 6. The van der Waals surface area contributed by atoms with Crippen LogP contribution in [0.5, 0.6) is 23.0 Å². The van der Waals surface area contributed by atoms with Gasteiger partial charge < -0.3 is 23.9 Å². The second-order valence-corrected chi connectivity index (χ2v) is 16.2. The molecule has 8 nitrogen and oxygen atoms in total. The van der Waals surface area contributed by atoms with E-state index in [0.29, 0.717) is 45.5 Å². The predicted molar refractivity (Wildman–Crippen MR) is 277 cm³/mol.